The van der Waals surface area contributed by atoms with Crippen molar-refractivity contribution >= 4 is 23.4 Å². The Hall–Kier alpha value is -4.51. The number of amides is 1. The van der Waals surface area contributed by atoms with Gasteiger partial charge < -0.3 is 28.4 Å². The zero-order chi connectivity index (χ0) is 33.8. The second-order valence-corrected chi connectivity index (χ2v) is 13.8. The minimum atomic E-state index is -0.610. The van der Waals surface area contributed by atoms with Crippen molar-refractivity contribution in [3.63, 3.8) is 0 Å². The van der Waals surface area contributed by atoms with Gasteiger partial charge in [-0.15, -0.1) is 0 Å². The minimum Gasteiger partial charge on any atom is -0.495 e. The first-order valence-corrected chi connectivity index (χ1v) is 16.0. The van der Waals surface area contributed by atoms with E-state index >= 15 is 4.39 Å². The lowest BCUT2D eigenvalue weighted by Gasteiger charge is -2.36. The molecule has 2 fully saturated rings. The number of hydrogen-bond donors (Lipinski definition) is 0. The van der Waals surface area contributed by atoms with Crippen molar-refractivity contribution in [1.29, 1.82) is 0 Å². The van der Waals surface area contributed by atoms with Crippen LogP contribution >= 0.6 is 11.6 Å². The highest BCUT2D eigenvalue weighted by Gasteiger charge is 2.49. The summed E-state index contributed by atoms with van der Waals surface area (Å²) >= 11 is 6.65. The number of hydrogen-bond acceptors (Lipinski definition) is 6. The number of imidazole rings is 1. The number of likely N-dealkylation sites (tertiary alicyclic amines) is 1. The molecule has 47 heavy (non-hydrogen) atoms. The van der Waals surface area contributed by atoms with Crippen molar-refractivity contribution in [2.24, 2.45) is 14.1 Å². The van der Waals surface area contributed by atoms with Crippen LogP contribution in [0.2, 0.25) is 5.02 Å². The summed E-state index contributed by atoms with van der Waals surface area (Å²) in [5.74, 6) is -0.0914. The first-order valence-electron chi connectivity index (χ1n) is 15.6. The molecular weight excluding hydrogens is 625 g/mol. The lowest BCUT2D eigenvalue weighted by Crippen LogP contribution is -2.51. The first kappa shape index (κ1) is 32.4. The van der Waals surface area contributed by atoms with Crippen LogP contribution in [0.1, 0.15) is 40.0 Å². The molecular formula is C35H39ClFN5O5. The molecule has 2 aromatic carbocycles. The maximum absolute atomic E-state index is 15.4. The van der Waals surface area contributed by atoms with E-state index in [1.54, 1.807) is 57.0 Å². The standard InChI is InChI=1S/C35H39ClFN5O5/c1-34(2,3)47-33(45)42-12-7-10-35(42)11-13-40(21-35)29-17-23(20-39(5)31(29)43)26-19-24(37)18-25(30(26)46-6)22-8-9-28(27(36)16-22)41-15-14-38(4)32(41)44/h8-9,14-20H,7,10-13,21H2,1-6H3. The van der Waals surface area contributed by atoms with Gasteiger partial charge in [-0.05, 0) is 75.9 Å². The number of carbonyl (C=O) groups is 1. The molecule has 4 heterocycles. The number of nitrogens with zero attached hydrogens (tertiary/aromatic N) is 5. The topological polar surface area (TPSA) is 90.9 Å². The summed E-state index contributed by atoms with van der Waals surface area (Å²) in [7, 11) is 4.83. The third-order valence-corrected chi connectivity index (χ3v) is 9.38. The van der Waals surface area contributed by atoms with Crippen LogP contribution in [-0.2, 0) is 18.8 Å². The Morgan fingerprint density at radius 3 is 2.30 bits per heavy atom. The van der Waals surface area contributed by atoms with Crippen LogP contribution in [0, 0.1) is 5.82 Å². The largest absolute Gasteiger partial charge is 0.495 e. The van der Waals surface area contributed by atoms with Gasteiger partial charge in [0.2, 0.25) is 0 Å². The zero-order valence-electron chi connectivity index (χ0n) is 27.5. The molecule has 12 heteroatoms. The van der Waals surface area contributed by atoms with E-state index in [0.717, 1.165) is 12.8 Å². The van der Waals surface area contributed by atoms with Crippen molar-refractivity contribution in [3.05, 3.63) is 86.7 Å². The smallest absolute Gasteiger partial charge is 0.410 e. The van der Waals surface area contributed by atoms with Gasteiger partial charge in [-0.3, -0.25) is 9.36 Å². The van der Waals surface area contributed by atoms with E-state index in [1.807, 2.05) is 30.6 Å². The Bertz CT molecular complexity index is 1990. The maximum Gasteiger partial charge on any atom is 0.410 e. The van der Waals surface area contributed by atoms with E-state index in [9.17, 15) is 14.4 Å². The molecule has 10 nitrogen and oxygen atoms in total. The summed E-state index contributed by atoms with van der Waals surface area (Å²) in [6.45, 7) is 7.24. The summed E-state index contributed by atoms with van der Waals surface area (Å²) in [6.07, 6.45) is 7.00. The second kappa shape index (κ2) is 11.9. The zero-order valence-corrected chi connectivity index (χ0v) is 28.2. The number of benzene rings is 2. The lowest BCUT2D eigenvalue weighted by molar-refractivity contribution is 0.0111. The molecule has 2 aliphatic heterocycles. The summed E-state index contributed by atoms with van der Waals surface area (Å²) in [4.78, 5) is 43.1. The molecule has 248 valence electrons. The highest BCUT2D eigenvalue weighted by molar-refractivity contribution is 6.32. The summed E-state index contributed by atoms with van der Waals surface area (Å²) in [5.41, 5.74) is 1.60. The fourth-order valence-electron chi connectivity index (χ4n) is 6.85. The van der Waals surface area contributed by atoms with Crippen LogP contribution < -0.4 is 20.9 Å². The third-order valence-electron chi connectivity index (χ3n) is 9.08. The van der Waals surface area contributed by atoms with E-state index in [2.05, 4.69) is 0 Å². The normalized spacial score (nSPS) is 18.0. The van der Waals surface area contributed by atoms with Crippen LogP contribution in [0.4, 0.5) is 14.9 Å². The minimum absolute atomic E-state index is 0.193. The molecule has 2 saturated heterocycles. The molecule has 0 bridgehead atoms. The van der Waals surface area contributed by atoms with E-state index < -0.39 is 17.0 Å². The van der Waals surface area contributed by atoms with Gasteiger partial charge in [0.15, 0.2) is 0 Å². The summed E-state index contributed by atoms with van der Waals surface area (Å²) in [5, 5.41) is 0.309. The average molecular weight is 664 g/mol. The van der Waals surface area contributed by atoms with E-state index in [0.29, 0.717) is 70.5 Å². The van der Waals surface area contributed by atoms with Gasteiger partial charge in [-0.1, -0.05) is 17.7 Å². The average Bonchev–Trinajstić information content (AvgIpc) is 3.72. The Kier molecular flexibility index (Phi) is 8.24. The molecule has 1 amide bonds. The van der Waals surface area contributed by atoms with Gasteiger partial charge in [-0.2, -0.15) is 0 Å². The monoisotopic (exact) mass is 663 g/mol. The van der Waals surface area contributed by atoms with Gasteiger partial charge in [0, 0.05) is 69.0 Å². The third kappa shape index (κ3) is 5.93. The molecule has 1 atom stereocenters. The number of carbonyl (C=O) groups excluding carboxylic acids is 1. The molecule has 0 saturated carbocycles. The molecule has 2 aromatic heterocycles. The van der Waals surface area contributed by atoms with Crippen LogP contribution in [-0.4, -0.2) is 62.6 Å². The molecule has 1 spiro atoms. The van der Waals surface area contributed by atoms with Crippen molar-refractivity contribution in [1.82, 2.24) is 18.6 Å². The lowest BCUT2D eigenvalue weighted by atomic mass is 9.95. The Labute approximate surface area is 277 Å². The van der Waals surface area contributed by atoms with Crippen molar-refractivity contribution in [2.45, 2.75) is 51.2 Å². The molecule has 4 aromatic rings. The van der Waals surface area contributed by atoms with E-state index in [-0.39, 0.29) is 17.3 Å². The van der Waals surface area contributed by atoms with Gasteiger partial charge in [0.25, 0.3) is 5.56 Å². The number of halogens is 2. The first-order chi connectivity index (χ1) is 22.2. The van der Waals surface area contributed by atoms with Crippen LogP contribution in [0.15, 0.2) is 64.6 Å². The molecule has 6 rings (SSSR count). The number of methoxy groups -OCH3 is 1. The number of aromatic nitrogens is 3. The number of anilines is 1. The van der Waals surface area contributed by atoms with Crippen LogP contribution in [0.3, 0.4) is 0 Å². The van der Waals surface area contributed by atoms with Crippen molar-refractivity contribution in [3.8, 4) is 33.7 Å². The fourth-order valence-corrected chi connectivity index (χ4v) is 7.13. The van der Waals surface area contributed by atoms with Gasteiger partial charge in [0.1, 0.15) is 22.9 Å². The predicted molar refractivity (Wildman–Crippen MR) is 180 cm³/mol. The second-order valence-electron chi connectivity index (χ2n) is 13.4. The molecule has 2 aliphatic rings. The Balaban J connectivity index is 1.37. The fraction of sp³-hybridized carbons (Fsp3) is 0.400. The Morgan fingerprint density at radius 2 is 1.66 bits per heavy atom. The quantitative estimate of drug-likeness (QED) is 0.261. The number of rotatable bonds is 5. The molecule has 0 radical (unpaired) electrons. The van der Waals surface area contributed by atoms with Crippen LogP contribution in [0.5, 0.6) is 5.75 Å². The molecule has 1 unspecified atom stereocenters. The number of ether oxygens (including phenoxy) is 2. The highest BCUT2D eigenvalue weighted by atomic mass is 35.5. The van der Waals surface area contributed by atoms with Crippen molar-refractivity contribution in [2.75, 3.05) is 31.6 Å². The maximum atomic E-state index is 15.4. The van der Waals surface area contributed by atoms with Gasteiger partial charge >= 0.3 is 11.8 Å². The molecule has 0 aliphatic carbocycles. The number of pyridine rings is 1. The van der Waals surface area contributed by atoms with Gasteiger partial charge in [0.05, 0.1) is 23.4 Å². The summed E-state index contributed by atoms with van der Waals surface area (Å²) < 4.78 is 31.3. The predicted octanol–water partition coefficient (Wildman–Crippen LogP) is 5.99. The molecule has 0 N–H and O–H groups in total. The Morgan fingerprint density at radius 1 is 0.936 bits per heavy atom. The highest BCUT2D eigenvalue weighted by Crippen LogP contribution is 2.43. The SMILES string of the molecule is COc1c(-c2ccc(-n3ccn(C)c3=O)c(Cl)c2)cc(F)cc1-c1cc(N2CCC3(CCCN3C(=O)OC(C)(C)C)C2)c(=O)n(C)c1. The van der Waals surface area contributed by atoms with E-state index in [4.69, 9.17) is 21.1 Å². The summed E-state index contributed by atoms with van der Waals surface area (Å²) in [6, 6.07) is 9.67. The van der Waals surface area contributed by atoms with Gasteiger partial charge in [-0.25, -0.2) is 14.0 Å². The van der Waals surface area contributed by atoms with E-state index in [1.165, 1.54) is 32.9 Å². The van der Waals surface area contributed by atoms with Crippen LogP contribution in [0.25, 0.3) is 27.9 Å². The number of aryl methyl sites for hydroxylation is 2. The van der Waals surface area contributed by atoms with Crippen molar-refractivity contribution < 1.29 is 18.7 Å².